The molecule has 3 heteroatoms. The maximum Gasteiger partial charge on any atom is 0.125 e. The number of methoxy groups -OCH3 is 1. The Morgan fingerprint density at radius 1 is 1.31 bits per heavy atom. The fraction of sp³-hybridized carbons (Fsp3) is 0.538. The van der Waals surface area contributed by atoms with E-state index >= 15 is 0 Å². The first-order valence-electron chi connectivity index (χ1n) is 5.45. The molecule has 0 aliphatic carbocycles. The first-order chi connectivity index (χ1) is 7.40. The molecule has 0 saturated heterocycles. The van der Waals surface area contributed by atoms with Crippen LogP contribution in [0.2, 0.25) is 0 Å². The molecule has 0 aromatic heterocycles. The van der Waals surface area contributed by atoms with E-state index in [0.29, 0.717) is 6.54 Å². The number of rotatable bonds is 3. The molecule has 16 heavy (non-hydrogen) atoms. The van der Waals surface area contributed by atoms with Gasteiger partial charge in [0.05, 0.1) is 7.11 Å². The smallest absolute Gasteiger partial charge is 0.125 e. The molecule has 0 unspecified atom stereocenters. The van der Waals surface area contributed by atoms with E-state index in [1.165, 1.54) is 5.56 Å². The fourth-order valence-electron chi connectivity index (χ4n) is 1.87. The first kappa shape index (κ1) is 13.0. The van der Waals surface area contributed by atoms with E-state index in [-0.39, 0.29) is 5.41 Å². The van der Waals surface area contributed by atoms with Crippen LogP contribution in [0.15, 0.2) is 12.1 Å². The van der Waals surface area contributed by atoms with Crippen LogP contribution < -0.4 is 10.2 Å². The Balaban J connectivity index is 3.31. The Hall–Kier alpha value is -1.06. The number of hydrogen-bond donors (Lipinski definition) is 2. The van der Waals surface area contributed by atoms with Gasteiger partial charge >= 0.3 is 0 Å². The number of nitrogens with one attached hydrogen (secondary N) is 1. The second kappa shape index (κ2) is 4.85. The summed E-state index contributed by atoms with van der Waals surface area (Å²) in [6.07, 6.45) is 0. The molecule has 3 nitrogen and oxygen atoms in total. The van der Waals surface area contributed by atoms with Crippen molar-refractivity contribution >= 4 is 0 Å². The zero-order valence-electron chi connectivity index (χ0n) is 10.7. The van der Waals surface area contributed by atoms with Crippen LogP contribution in [0.25, 0.3) is 0 Å². The van der Waals surface area contributed by atoms with Gasteiger partial charge in [0.1, 0.15) is 5.75 Å². The molecule has 90 valence electrons. The molecule has 0 saturated carbocycles. The van der Waals surface area contributed by atoms with Crippen molar-refractivity contribution in [1.82, 2.24) is 5.48 Å². The first-order valence-corrected chi connectivity index (χ1v) is 5.45. The van der Waals surface area contributed by atoms with Crippen molar-refractivity contribution < 1.29 is 9.94 Å². The molecule has 1 aromatic rings. The summed E-state index contributed by atoms with van der Waals surface area (Å²) >= 11 is 0. The third kappa shape index (κ3) is 2.74. The standard InChI is InChI=1S/C13H21NO2/c1-9-6-10(8-14-15)7-11(12(9)16-5)13(2,3)4/h6-7,14-15H,8H2,1-5H3. The molecule has 1 aromatic carbocycles. The molecule has 0 fully saturated rings. The van der Waals surface area contributed by atoms with Crippen LogP contribution in [0, 0.1) is 6.92 Å². The lowest BCUT2D eigenvalue weighted by Gasteiger charge is -2.24. The average molecular weight is 223 g/mol. The van der Waals surface area contributed by atoms with E-state index in [2.05, 4.69) is 32.3 Å². The predicted molar refractivity (Wildman–Crippen MR) is 65.1 cm³/mol. The van der Waals surface area contributed by atoms with Crippen molar-refractivity contribution in [2.45, 2.75) is 39.7 Å². The Bertz CT molecular complexity index is 367. The number of benzene rings is 1. The zero-order valence-corrected chi connectivity index (χ0v) is 10.7. The third-order valence-electron chi connectivity index (χ3n) is 2.63. The quantitative estimate of drug-likeness (QED) is 0.774. The molecule has 0 radical (unpaired) electrons. The van der Waals surface area contributed by atoms with Crippen LogP contribution in [-0.2, 0) is 12.0 Å². The van der Waals surface area contributed by atoms with Crippen LogP contribution >= 0.6 is 0 Å². The maximum atomic E-state index is 8.75. The second-order valence-corrected chi connectivity index (χ2v) is 5.08. The van der Waals surface area contributed by atoms with Crippen LogP contribution in [-0.4, -0.2) is 12.3 Å². The van der Waals surface area contributed by atoms with Crippen molar-refractivity contribution in [2.24, 2.45) is 0 Å². The van der Waals surface area contributed by atoms with E-state index in [0.717, 1.165) is 16.9 Å². The molecular weight excluding hydrogens is 202 g/mol. The van der Waals surface area contributed by atoms with E-state index in [1.54, 1.807) is 7.11 Å². The summed E-state index contributed by atoms with van der Waals surface area (Å²) in [5.74, 6) is 0.939. The van der Waals surface area contributed by atoms with Gasteiger partial charge in [-0.25, -0.2) is 5.48 Å². The summed E-state index contributed by atoms with van der Waals surface area (Å²) in [7, 11) is 1.70. The molecule has 1 rings (SSSR count). The minimum Gasteiger partial charge on any atom is -0.496 e. The third-order valence-corrected chi connectivity index (χ3v) is 2.63. The maximum absolute atomic E-state index is 8.75. The highest BCUT2D eigenvalue weighted by molar-refractivity contribution is 5.47. The summed E-state index contributed by atoms with van der Waals surface area (Å²) in [4.78, 5) is 0. The van der Waals surface area contributed by atoms with Crippen LogP contribution in [0.4, 0.5) is 0 Å². The van der Waals surface area contributed by atoms with Gasteiger partial charge in [-0.15, -0.1) is 0 Å². The molecule has 0 amide bonds. The van der Waals surface area contributed by atoms with Crippen LogP contribution in [0.5, 0.6) is 5.75 Å². The van der Waals surface area contributed by atoms with E-state index in [4.69, 9.17) is 9.94 Å². The summed E-state index contributed by atoms with van der Waals surface area (Å²) in [6, 6.07) is 4.10. The Morgan fingerprint density at radius 2 is 1.94 bits per heavy atom. The largest absolute Gasteiger partial charge is 0.496 e. The molecule has 0 spiro atoms. The average Bonchev–Trinajstić information content (AvgIpc) is 2.16. The lowest BCUT2D eigenvalue weighted by molar-refractivity contribution is 0.161. The fourth-order valence-corrected chi connectivity index (χ4v) is 1.87. The van der Waals surface area contributed by atoms with Gasteiger partial charge in [0.15, 0.2) is 0 Å². The van der Waals surface area contributed by atoms with Gasteiger partial charge in [-0.05, 0) is 23.5 Å². The van der Waals surface area contributed by atoms with Gasteiger partial charge < -0.3 is 9.94 Å². The molecule has 2 N–H and O–H groups in total. The summed E-state index contributed by atoms with van der Waals surface area (Å²) < 4.78 is 5.45. The van der Waals surface area contributed by atoms with Crippen molar-refractivity contribution in [1.29, 1.82) is 0 Å². The molecule has 0 bridgehead atoms. The van der Waals surface area contributed by atoms with Gasteiger partial charge in [0.25, 0.3) is 0 Å². The van der Waals surface area contributed by atoms with Crippen LogP contribution in [0.3, 0.4) is 0 Å². The highest BCUT2D eigenvalue weighted by atomic mass is 16.5. The summed E-state index contributed by atoms with van der Waals surface area (Å²) in [5, 5.41) is 8.75. The van der Waals surface area contributed by atoms with Gasteiger partial charge in [-0.2, -0.15) is 0 Å². The summed E-state index contributed by atoms with van der Waals surface area (Å²) in [6.45, 7) is 8.93. The lowest BCUT2D eigenvalue weighted by atomic mass is 9.84. The Morgan fingerprint density at radius 3 is 2.38 bits per heavy atom. The minimum atomic E-state index is 0.0293. The molecule has 0 aliphatic rings. The minimum absolute atomic E-state index is 0.0293. The van der Waals surface area contributed by atoms with Crippen molar-refractivity contribution in [3.63, 3.8) is 0 Å². The molecule has 0 aliphatic heterocycles. The molecular formula is C13H21NO2. The van der Waals surface area contributed by atoms with E-state index < -0.39 is 0 Å². The van der Waals surface area contributed by atoms with E-state index in [9.17, 15) is 0 Å². The van der Waals surface area contributed by atoms with Crippen LogP contribution in [0.1, 0.15) is 37.5 Å². The number of hydrogen-bond acceptors (Lipinski definition) is 3. The van der Waals surface area contributed by atoms with Gasteiger partial charge in [-0.1, -0.05) is 32.9 Å². The SMILES string of the molecule is COc1c(C)cc(CNO)cc1C(C)(C)C. The highest BCUT2D eigenvalue weighted by Crippen LogP contribution is 2.34. The number of hydroxylamine groups is 1. The van der Waals surface area contributed by atoms with Crippen molar-refractivity contribution in [2.75, 3.05) is 7.11 Å². The topological polar surface area (TPSA) is 41.5 Å². The van der Waals surface area contributed by atoms with Gasteiger partial charge in [0.2, 0.25) is 0 Å². The second-order valence-electron chi connectivity index (χ2n) is 5.08. The van der Waals surface area contributed by atoms with E-state index in [1.807, 2.05) is 13.0 Å². The Labute approximate surface area is 97.4 Å². The summed E-state index contributed by atoms with van der Waals surface area (Å²) in [5.41, 5.74) is 5.54. The van der Waals surface area contributed by atoms with Crippen molar-refractivity contribution in [3.05, 3.63) is 28.8 Å². The predicted octanol–water partition coefficient (Wildman–Crippen LogP) is 2.78. The highest BCUT2D eigenvalue weighted by Gasteiger charge is 2.20. The Kier molecular flexibility index (Phi) is 3.94. The molecule has 0 heterocycles. The van der Waals surface area contributed by atoms with Gasteiger partial charge in [0, 0.05) is 12.1 Å². The molecule has 0 atom stereocenters. The zero-order chi connectivity index (χ0) is 12.3. The van der Waals surface area contributed by atoms with Crippen molar-refractivity contribution in [3.8, 4) is 5.75 Å². The number of ether oxygens (including phenoxy) is 1. The normalized spacial score (nSPS) is 11.6. The number of aryl methyl sites for hydroxylation is 1. The van der Waals surface area contributed by atoms with Gasteiger partial charge in [-0.3, -0.25) is 0 Å². The lowest BCUT2D eigenvalue weighted by Crippen LogP contribution is -2.15. The monoisotopic (exact) mass is 223 g/mol.